The topological polar surface area (TPSA) is 62.4 Å². The molecule has 0 saturated carbocycles. The molecule has 4 heteroatoms. The van der Waals surface area contributed by atoms with Crippen LogP contribution >= 0.6 is 0 Å². The number of ether oxygens (including phenoxy) is 2. The Hall–Kier alpha value is -0.450. The van der Waals surface area contributed by atoms with Crippen LogP contribution in [-0.4, -0.2) is 40.4 Å². The average molecular weight is 355 g/mol. The van der Waals surface area contributed by atoms with E-state index in [0.29, 0.717) is 18.9 Å². The summed E-state index contributed by atoms with van der Waals surface area (Å²) in [7, 11) is 0. The minimum Gasteiger partial charge on any atom is -0.392 e. The largest absolute Gasteiger partial charge is 0.392 e. The Morgan fingerprint density at radius 1 is 1.12 bits per heavy atom. The van der Waals surface area contributed by atoms with Crippen molar-refractivity contribution in [1.82, 2.24) is 0 Å². The van der Waals surface area contributed by atoms with Crippen molar-refractivity contribution in [3.8, 4) is 0 Å². The number of carbonyl (C=O) groups excluding carboxylic acids is 1. The van der Waals surface area contributed by atoms with Crippen LogP contribution in [0.3, 0.4) is 0 Å². The Labute approximate surface area is 153 Å². The number of Topliss-reactive ketones (excluding diaryl/α,β-unsaturated/α-hetero) is 1. The standard InChI is InChI=1S/C21H38O4/c1-7-16(17(22)8-2)19(23)14(5)13-21(10-4)18(25-21)11-12-20(9-3)15(6)24-20/h14-16,18-19,23H,7-13H2,1-6H3/t14-,15+,16-,18+,19-,20+,21+/m0/s1. The van der Waals surface area contributed by atoms with E-state index in [0.717, 1.165) is 32.1 Å². The maximum absolute atomic E-state index is 12.1. The van der Waals surface area contributed by atoms with Crippen molar-refractivity contribution in [3.05, 3.63) is 0 Å². The van der Waals surface area contributed by atoms with Crippen LogP contribution in [0.15, 0.2) is 0 Å². The fraction of sp³-hybridized carbons (Fsp3) is 0.952. The molecule has 0 unspecified atom stereocenters. The molecule has 0 aromatic heterocycles. The van der Waals surface area contributed by atoms with Gasteiger partial charge in [-0.25, -0.2) is 0 Å². The van der Waals surface area contributed by atoms with E-state index >= 15 is 0 Å². The second-order valence-corrected chi connectivity index (χ2v) is 8.25. The van der Waals surface area contributed by atoms with E-state index in [-0.39, 0.29) is 34.9 Å². The van der Waals surface area contributed by atoms with Gasteiger partial charge in [0.15, 0.2) is 0 Å². The molecular weight excluding hydrogens is 316 g/mol. The van der Waals surface area contributed by atoms with Crippen LogP contribution in [0.5, 0.6) is 0 Å². The fourth-order valence-corrected chi connectivity index (χ4v) is 4.69. The van der Waals surface area contributed by atoms with Crippen molar-refractivity contribution >= 4 is 5.78 Å². The van der Waals surface area contributed by atoms with Crippen LogP contribution in [0.1, 0.15) is 86.5 Å². The van der Waals surface area contributed by atoms with Gasteiger partial charge >= 0.3 is 0 Å². The highest BCUT2D eigenvalue weighted by Gasteiger charge is 2.58. The monoisotopic (exact) mass is 354 g/mol. The zero-order valence-electron chi connectivity index (χ0n) is 17.0. The molecule has 0 aromatic rings. The van der Waals surface area contributed by atoms with Gasteiger partial charge in [-0.3, -0.25) is 4.79 Å². The van der Waals surface area contributed by atoms with Gasteiger partial charge < -0.3 is 14.6 Å². The van der Waals surface area contributed by atoms with E-state index in [2.05, 4.69) is 27.7 Å². The first kappa shape index (κ1) is 20.9. The molecule has 0 bridgehead atoms. The predicted octanol–water partition coefficient (Wildman–Crippen LogP) is 4.27. The molecule has 0 aromatic carbocycles. The highest BCUT2D eigenvalue weighted by atomic mass is 16.6. The highest BCUT2D eigenvalue weighted by Crippen LogP contribution is 2.51. The third-order valence-corrected chi connectivity index (χ3v) is 6.89. The molecule has 25 heavy (non-hydrogen) atoms. The van der Waals surface area contributed by atoms with Gasteiger partial charge in [0.2, 0.25) is 0 Å². The number of aliphatic hydroxyl groups excluding tert-OH is 1. The third kappa shape index (κ3) is 4.28. The van der Waals surface area contributed by atoms with Crippen molar-refractivity contribution < 1.29 is 19.4 Å². The fourth-order valence-electron chi connectivity index (χ4n) is 4.69. The van der Waals surface area contributed by atoms with Crippen molar-refractivity contribution in [3.63, 3.8) is 0 Å². The Balaban J connectivity index is 1.88. The molecule has 2 heterocycles. The number of aliphatic hydroxyl groups is 1. The van der Waals surface area contributed by atoms with Gasteiger partial charge in [0, 0.05) is 12.3 Å². The summed E-state index contributed by atoms with van der Waals surface area (Å²) in [5.74, 6) is 0.00207. The maximum Gasteiger partial charge on any atom is 0.138 e. The van der Waals surface area contributed by atoms with Gasteiger partial charge in [0.1, 0.15) is 5.78 Å². The number of hydrogen-bond acceptors (Lipinski definition) is 4. The van der Waals surface area contributed by atoms with E-state index < -0.39 is 6.10 Å². The van der Waals surface area contributed by atoms with Gasteiger partial charge in [-0.15, -0.1) is 0 Å². The molecule has 2 aliphatic rings. The third-order valence-electron chi connectivity index (χ3n) is 6.89. The number of epoxide rings is 2. The van der Waals surface area contributed by atoms with Crippen LogP contribution in [0.2, 0.25) is 0 Å². The van der Waals surface area contributed by atoms with Crippen LogP contribution < -0.4 is 0 Å². The van der Waals surface area contributed by atoms with Gasteiger partial charge in [0.25, 0.3) is 0 Å². The predicted molar refractivity (Wildman–Crippen MR) is 99.6 cm³/mol. The summed E-state index contributed by atoms with van der Waals surface area (Å²) in [5.41, 5.74) is -0.0293. The van der Waals surface area contributed by atoms with E-state index in [9.17, 15) is 9.90 Å². The highest BCUT2D eigenvalue weighted by molar-refractivity contribution is 5.81. The minimum absolute atomic E-state index is 0.0710. The zero-order valence-corrected chi connectivity index (χ0v) is 17.0. The first-order valence-corrected chi connectivity index (χ1v) is 10.4. The van der Waals surface area contributed by atoms with E-state index in [1.807, 2.05) is 13.8 Å². The number of hydrogen-bond donors (Lipinski definition) is 1. The maximum atomic E-state index is 12.1. The molecule has 2 aliphatic heterocycles. The van der Waals surface area contributed by atoms with Crippen molar-refractivity contribution in [2.75, 3.05) is 0 Å². The lowest BCUT2D eigenvalue weighted by atomic mass is 9.79. The summed E-state index contributed by atoms with van der Waals surface area (Å²) in [6, 6.07) is 0. The molecule has 4 nitrogen and oxygen atoms in total. The number of rotatable bonds is 12. The summed E-state index contributed by atoms with van der Waals surface area (Å²) in [4.78, 5) is 12.1. The average Bonchev–Trinajstić information content (AvgIpc) is 3.48. The summed E-state index contributed by atoms with van der Waals surface area (Å²) in [6.07, 6.45) is 6.22. The summed E-state index contributed by atoms with van der Waals surface area (Å²) < 4.78 is 11.9. The summed E-state index contributed by atoms with van der Waals surface area (Å²) in [5, 5.41) is 10.7. The molecule has 146 valence electrons. The lowest BCUT2D eigenvalue weighted by Crippen LogP contribution is -2.35. The van der Waals surface area contributed by atoms with Crippen molar-refractivity contribution in [2.24, 2.45) is 11.8 Å². The molecule has 0 amide bonds. The van der Waals surface area contributed by atoms with Crippen LogP contribution in [-0.2, 0) is 14.3 Å². The summed E-state index contributed by atoms with van der Waals surface area (Å²) in [6.45, 7) is 12.4. The Kier molecular flexibility index (Phi) is 6.72. The first-order valence-electron chi connectivity index (χ1n) is 10.4. The van der Waals surface area contributed by atoms with Gasteiger partial charge in [-0.2, -0.15) is 0 Å². The van der Waals surface area contributed by atoms with Crippen molar-refractivity contribution in [2.45, 2.75) is 116 Å². The van der Waals surface area contributed by atoms with E-state index in [4.69, 9.17) is 9.47 Å². The molecule has 1 N–H and O–H groups in total. The molecule has 2 fully saturated rings. The SMILES string of the molecule is CCC(=O)[C@H](CC)[C@@H](O)[C@@H](C)C[C@@]1(CC)O[C@@H]1CC[C@@]1(CC)O[C@@H]1C. The lowest BCUT2D eigenvalue weighted by Gasteiger charge is -2.28. The molecular formula is C21H38O4. The molecule has 0 radical (unpaired) electrons. The van der Waals surface area contributed by atoms with Crippen LogP contribution in [0, 0.1) is 11.8 Å². The van der Waals surface area contributed by atoms with Gasteiger partial charge in [-0.1, -0.05) is 34.6 Å². The first-order chi connectivity index (χ1) is 11.8. The molecule has 2 rings (SSSR count). The normalized spacial score (nSPS) is 37.4. The van der Waals surface area contributed by atoms with Crippen LogP contribution in [0.4, 0.5) is 0 Å². The zero-order chi connectivity index (χ0) is 18.8. The van der Waals surface area contributed by atoms with Gasteiger partial charge in [0.05, 0.1) is 29.5 Å². The molecule has 0 aliphatic carbocycles. The van der Waals surface area contributed by atoms with Gasteiger partial charge in [-0.05, 0) is 51.4 Å². The molecule has 0 spiro atoms. The van der Waals surface area contributed by atoms with E-state index in [1.54, 1.807) is 0 Å². The second-order valence-electron chi connectivity index (χ2n) is 8.25. The number of carbonyl (C=O) groups is 1. The van der Waals surface area contributed by atoms with Crippen LogP contribution in [0.25, 0.3) is 0 Å². The minimum atomic E-state index is -0.570. The number of ketones is 1. The summed E-state index contributed by atoms with van der Waals surface area (Å²) >= 11 is 0. The van der Waals surface area contributed by atoms with Crippen molar-refractivity contribution in [1.29, 1.82) is 0 Å². The molecule has 2 saturated heterocycles. The quantitative estimate of drug-likeness (QED) is 0.532. The Morgan fingerprint density at radius 3 is 2.16 bits per heavy atom. The smallest absolute Gasteiger partial charge is 0.138 e. The Bertz CT molecular complexity index is 461. The lowest BCUT2D eigenvalue weighted by molar-refractivity contribution is -0.127. The molecule has 7 atom stereocenters. The van der Waals surface area contributed by atoms with E-state index in [1.165, 1.54) is 0 Å². The second kappa shape index (κ2) is 8.06. The Morgan fingerprint density at radius 2 is 1.72 bits per heavy atom.